The van der Waals surface area contributed by atoms with Crippen molar-refractivity contribution in [1.82, 2.24) is 25.2 Å². The summed E-state index contributed by atoms with van der Waals surface area (Å²) >= 11 is 0. The summed E-state index contributed by atoms with van der Waals surface area (Å²) in [6.07, 6.45) is 1.91. The number of aliphatic hydroxyl groups is 1. The quantitative estimate of drug-likeness (QED) is 0.791. The Hall–Kier alpha value is -2.19. The number of amides is 1. The van der Waals surface area contributed by atoms with Gasteiger partial charge in [0.2, 0.25) is 0 Å². The number of nitrogens with zero attached hydrogens (tertiary/aromatic N) is 4. The second kappa shape index (κ2) is 8.22. The molecule has 8 nitrogen and oxygen atoms in total. The lowest BCUT2D eigenvalue weighted by molar-refractivity contribution is 0.0345. The molecular formula is C19H29N5O3. The number of carbonyl (C=O) groups excluding carboxylic acids is 1. The fraction of sp³-hybridized carbons (Fsp3) is 0.632. The van der Waals surface area contributed by atoms with E-state index in [4.69, 9.17) is 4.52 Å². The molecule has 0 radical (unpaired) electrons. The van der Waals surface area contributed by atoms with Gasteiger partial charge in [-0.05, 0) is 32.8 Å². The van der Waals surface area contributed by atoms with Crippen LogP contribution in [-0.4, -0.2) is 56.1 Å². The molecule has 0 spiro atoms. The molecule has 2 aromatic heterocycles. The standard InChI is InChI=1S/C19H29N5O3/c1-5-6-14-9-17(23(4)21-14)19(26)20-16-7-8-24(11-18(16)25)10-15-12(2)22-27-13(15)3/h9,16,18,25H,5-8,10-11H2,1-4H3,(H,20,26)/t16-,18-/m1/s1. The van der Waals surface area contributed by atoms with Gasteiger partial charge in [0, 0.05) is 32.2 Å². The Morgan fingerprint density at radius 1 is 1.44 bits per heavy atom. The van der Waals surface area contributed by atoms with E-state index in [9.17, 15) is 9.90 Å². The number of hydrogen-bond acceptors (Lipinski definition) is 6. The Bertz CT molecular complexity index is 778. The van der Waals surface area contributed by atoms with Crippen LogP contribution in [0.3, 0.4) is 0 Å². The number of β-amino-alcohol motifs (C(OH)–C–C–N with tert-alkyl or cyclic N) is 1. The third kappa shape index (κ3) is 4.39. The first-order valence-corrected chi connectivity index (χ1v) is 9.55. The highest BCUT2D eigenvalue weighted by Gasteiger charge is 2.30. The molecule has 1 amide bonds. The topological polar surface area (TPSA) is 96.4 Å². The van der Waals surface area contributed by atoms with Gasteiger partial charge in [0.25, 0.3) is 5.91 Å². The number of aromatic nitrogens is 3. The Labute approximate surface area is 159 Å². The van der Waals surface area contributed by atoms with Crippen molar-refractivity contribution < 1.29 is 14.4 Å². The molecular weight excluding hydrogens is 346 g/mol. The molecule has 3 rings (SSSR count). The average Bonchev–Trinajstić information content (AvgIpc) is 3.14. The number of piperidine rings is 1. The Kier molecular flexibility index (Phi) is 5.96. The second-order valence-corrected chi connectivity index (χ2v) is 7.37. The monoisotopic (exact) mass is 375 g/mol. The molecule has 3 heterocycles. The van der Waals surface area contributed by atoms with E-state index in [1.807, 2.05) is 19.9 Å². The molecule has 8 heteroatoms. The average molecular weight is 375 g/mol. The van der Waals surface area contributed by atoms with E-state index in [1.165, 1.54) is 0 Å². The molecule has 1 aliphatic rings. The van der Waals surface area contributed by atoms with Crippen molar-refractivity contribution in [2.24, 2.45) is 7.05 Å². The number of aryl methyl sites for hydroxylation is 4. The van der Waals surface area contributed by atoms with Crippen LogP contribution in [0.5, 0.6) is 0 Å². The van der Waals surface area contributed by atoms with Crippen molar-refractivity contribution in [3.8, 4) is 0 Å². The van der Waals surface area contributed by atoms with Crippen molar-refractivity contribution in [3.05, 3.63) is 34.5 Å². The zero-order valence-electron chi connectivity index (χ0n) is 16.5. The SMILES string of the molecule is CCCc1cc(C(=O)N[C@@H]2CCN(Cc3c(C)noc3C)C[C@H]2O)n(C)n1. The number of aliphatic hydroxyl groups excluding tert-OH is 1. The summed E-state index contributed by atoms with van der Waals surface area (Å²) in [5, 5.41) is 21.9. The van der Waals surface area contributed by atoms with Gasteiger partial charge in [0.05, 0.1) is 23.5 Å². The molecule has 27 heavy (non-hydrogen) atoms. The van der Waals surface area contributed by atoms with Crippen molar-refractivity contribution in [2.45, 2.75) is 58.7 Å². The fourth-order valence-electron chi connectivity index (χ4n) is 3.62. The maximum atomic E-state index is 12.6. The van der Waals surface area contributed by atoms with Crippen LogP contribution in [0, 0.1) is 13.8 Å². The highest BCUT2D eigenvalue weighted by molar-refractivity contribution is 5.92. The van der Waals surface area contributed by atoms with Crippen LogP contribution in [0.15, 0.2) is 10.6 Å². The predicted octanol–water partition coefficient (Wildman–Crippen LogP) is 1.34. The van der Waals surface area contributed by atoms with E-state index in [-0.39, 0.29) is 11.9 Å². The summed E-state index contributed by atoms with van der Waals surface area (Å²) in [5.74, 6) is 0.632. The minimum Gasteiger partial charge on any atom is -0.390 e. The summed E-state index contributed by atoms with van der Waals surface area (Å²) in [5.41, 5.74) is 3.41. The van der Waals surface area contributed by atoms with Gasteiger partial charge in [-0.25, -0.2) is 0 Å². The van der Waals surface area contributed by atoms with E-state index < -0.39 is 6.10 Å². The lowest BCUT2D eigenvalue weighted by atomic mass is 10.0. The van der Waals surface area contributed by atoms with E-state index in [0.717, 1.165) is 42.1 Å². The Morgan fingerprint density at radius 3 is 2.85 bits per heavy atom. The zero-order valence-corrected chi connectivity index (χ0v) is 16.5. The maximum absolute atomic E-state index is 12.6. The van der Waals surface area contributed by atoms with Gasteiger partial charge in [-0.1, -0.05) is 18.5 Å². The van der Waals surface area contributed by atoms with E-state index >= 15 is 0 Å². The highest BCUT2D eigenvalue weighted by Crippen LogP contribution is 2.19. The minimum absolute atomic E-state index is 0.185. The van der Waals surface area contributed by atoms with E-state index in [0.29, 0.717) is 25.2 Å². The van der Waals surface area contributed by atoms with Gasteiger partial charge in [-0.3, -0.25) is 14.4 Å². The van der Waals surface area contributed by atoms with Crippen molar-refractivity contribution in [3.63, 3.8) is 0 Å². The van der Waals surface area contributed by atoms with Crippen LogP contribution in [0.25, 0.3) is 0 Å². The minimum atomic E-state index is -0.619. The smallest absolute Gasteiger partial charge is 0.269 e. The molecule has 2 aromatic rings. The summed E-state index contributed by atoms with van der Waals surface area (Å²) in [4.78, 5) is 14.8. The first kappa shape index (κ1) is 19.6. The van der Waals surface area contributed by atoms with Crippen molar-refractivity contribution >= 4 is 5.91 Å². The van der Waals surface area contributed by atoms with Gasteiger partial charge in [-0.2, -0.15) is 5.10 Å². The number of rotatable bonds is 6. The molecule has 2 N–H and O–H groups in total. The second-order valence-electron chi connectivity index (χ2n) is 7.37. The van der Waals surface area contributed by atoms with Crippen LogP contribution < -0.4 is 5.32 Å². The van der Waals surface area contributed by atoms with Crippen molar-refractivity contribution in [1.29, 1.82) is 0 Å². The number of carbonyl (C=O) groups is 1. The van der Waals surface area contributed by atoms with Gasteiger partial charge >= 0.3 is 0 Å². The summed E-state index contributed by atoms with van der Waals surface area (Å²) in [6, 6.07) is 1.57. The van der Waals surface area contributed by atoms with Crippen molar-refractivity contribution in [2.75, 3.05) is 13.1 Å². The Balaban J connectivity index is 1.57. The van der Waals surface area contributed by atoms with E-state index in [2.05, 4.69) is 27.4 Å². The normalized spacial score (nSPS) is 20.8. The third-order valence-electron chi connectivity index (χ3n) is 5.21. The third-order valence-corrected chi connectivity index (χ3v) is 5.21. The van der Waals surface area contributed by atoms with Crippen LogP contribution >= 0.6 is 0 Å². The van der Waals surface area contributed by atoms with Gasteiger partial charge in [0.15, 0.2) is 0 Å². The number of likely N-dealkylation sites (tertiary alicyclic amines) is 1. The number of nitrogens with one attached hydrogen (secondary N) is 1. The van der Waals surface area contributed by atoms with Gasteiger partial charge < -0.3 is 14.9 Å². The maximum Gasteiger partial charge on any atom is 0.269 e. The van der Waals surface area contributed by atoms with E-state index in [1.54, 1.807) is 11.7 Å². The fourth-order valence-corrected chi connectivity index (χ4v) is 3.62. The summed E-state index contributed by atoms with van der Waals surface area (Å²) < 4.78 is 6.82. The zero-order chi connectivity index (χ0) is 19.6. The number of hydrogen-bond donors (Lipinski definition) is 2. The lowest BCUT2D eigenvalue weighted by Crippen LogP contribution is -2.54. The van der Waals surface area contributed by atoms with Crippen LogP contribution in [0.2, 0.25) is 0 Å². The van der Waals surface area contributed by atoms with Crippen LogP contribution in [0.4, 0.5) is 0 Å². The molecule has 1 fully saturated rings. The largest absolute Gasteiger partial charge is 0.390 e. The lowest BCUT2D eigenvalue weighted by Gasteiger charge is -2.36. The predicted molar refractivity (Wildman–Crippen MR) is 100 cm³/mol. The molecule has 1 aliphatic heterocycles. The van der Waals surface area contributed by atoms with Gasteiger partial charge in [0.1, 0.15) is 11.5 Å². The first-order valence-electron chi connectivity index (χ1n) is 9.55. The molecule has 0 aliphatic carbocycles. The molecule has 2 atom stereocenters. The first-order chi connectivity index (χ1) is 12.9. The Morgan fingerprint density at radius 2 is 2.22 bits per heavy atom. The molecule has 0 unspecified atom stereocenters. The molecule has 0 aromatic carbocycles. The molecule has 0 saturated carbocycles. The van der Waals surface area contributed by atoms with Gasteiger partial charge in [-0.15, -0.1) is 0 Å². The molecule has 148 valence electrons. The molecule has 1 saturated heterocycles. The summed E-state index contributed by atoms with van der Waals surface area (Å²) in [7, 11) is 1.77. The highest BCUT2D eigenvalue weighted by atomic mass is 16.5. The van der Waals surface area contributed by atoms with Crippen LogP contribution in [-0.2, 0) is 20.0 Å². The van der Waals surface area contributed by atoms with Crippen LogP contribution in [0.1, 0.15) is 53.0 Å². The summed E-state index contributed by atoms with van der Waals surface area (Å²) in [6.45, 7) is 7.90. The molecule has 0 bridgehead atoms.